The number of hydrogen-bond acceptors (Lipinski definition) is 3. The fourth-order valence-electron chi connectivity index (χ4n) is 0. The van der Waals surface area contributed by atoms with Crippen LogP contribution in [0.2, 0.25) is 0 Å². The fourth-order valence-corrected chi connectivity index (χ4v) is 0. The van der Waals surface area contributed by atoms with Gasteiger partial charge >= 0.3 is 10.3 Å². The zero-order valence-electron chi connectivity index (χ0n) is 2.66. The van der Waals surface area contributed by atoms with Crippen LogP contribution >= 0.6 is 0 Å². The number of quaternary nitrogens is 1. The second-order valence-corrected chi connectivity index (χ2v) is 1.83. The molecule has 0 aromatic rings. The maximum atomic E-state index is 9.19. The predicted octanol–water partition coefficient (Wildman–Crippen LogP) is -2.15. The Morgan fingerprint density at radius 1 is 1.67 bits per heavy atom. The highest BCUT2D eigenvalue weighted by molar-refractivity contribution is 7.78. The van der Waals surface area contributed by atoms with Crippen LogP contribution in [0.15, 0.2) is 0 Å². The first-order chi connectivity index (χ1) is 2.56. The number of nitrogens with two attached hydrogens (primary N) is 1. The van der Waals surface area contributed by atoms with Crippen molar-refractivity contribution in [2.75, 3.05) is 0 Å². The zero-order chi connectivity index (χ0) is 5.21. The second-order valence-electron chi connectivity index (χ2n) is 0.611. The van der Waals surface area contributed by atoms with Gasteiger partial charge in [0, 0.05) is 0 Å². The lowest BCUT2D eigenvalue weighted by Gasteiger charge is -1.90. The van der Waals surface area contributed by atoms with Crippen LogP contribution in [0.1, 0.15) is 0 Å². The Labute approximate surface area is 34.4 Å². The average Bonchev–Trinajstić information content (AvgIpc) is 1.35. The van der Waals surface area contributed by atoms with Crippen molar-refractivity contribution in [3.8, 4) is 0 Å². The quantitative estimate of drug-likeness (QED) is 0.299. The summed E-state index contributed by atoms with van der Waals surface area (Å²) in [5.41, 5.74) is 0. The summed E-state index contributed by atoms with van der Waals surface area (Å²) in [5, 5.41) is 8.99. The topological polar surface area (TPSA) is 94.0 Å². The Bertz CT molecular complexity index is 110. The van der Waals surface area contributed by atoms with Crippen LogP contribution in [0.4, 0.5) is 0 Å². The van der Waals surface area contributed by atoms with Crippen molar-refractivity contribution in [3.05, 3.63) is 5.21 Å². The predicted molar refractivity (Wildman–Crippen MR) is 16.8 cm³/mol. The van der Waals surface area contributed by atoms with Crippen molar-refractivity contribution in [2.45, 2.75) is 0 Å². The van der Waals surface area contributed by atoms with Crippen LogP contribution < -0.4 is 4.89 Å². The van der Waals surface area contributed by atoms with E-state index in [1.165, 1.54) is 0 Å². The second kappa shape index (κ2) is 1.52. The summed E-state index contributed by atoms with van der Waals surface area (Å²) >= 11 is 0. The van der Waals surface area contributed by atoms with Gasteiger partial charge in [0.15, 0.2) is 0 Å². The first-order valence-corrected chi connectivity index (χ1v) is 2.49. The Morgan fingerprint density at radius 3 is 1.83 bits per heavy atom. The van der Waals surface area contributed by atoms with Crippen LogP contribution in [0.25, 0.3) is 0 Å². The standard InChI is InChI=1S/H3NO4S/c2-1-6(3,4)5/h1H2,(H,3,4,5). The van der Waals surface area contributed by atoms with Gasteiger partial charge in [0.2, 0.25) is 0 Å². The highest BCUT2D eigenvalue weighted by atomic mass is 32.2. The summed E-state index contributed by atoms with van der Waals surface area (Å²) in [7, 11) is -4.34. The smallest absolute Gasteiger partial charge is 0.429 e. The first kappa shape index (κ1) is 5.83. The van der Waals surface area contributed by atoms with E-state index in [2.05, 4.69) is 0 Å². The molecule has 5 nitrogen and oxygen atoms in total. The Hall–Kier alpha value is -0.170. The van der Waals surface area contributed by atoms with Crippen molar-refractivity contribution in [1.82, 2.24) is 0 Å². The van der Waals surface area contributed by atoms with Gasteiger partial charge in [0.25, 0.3) is 0 Å². The van der Waals surface area contributed by atoms with E-state index in [1.807, 2.05) is 0 Å². The molecule has 0 saturated heterocycles. The van der Waals surface area contributed by atoms with E-state index < -0.39 is 15.2 Å². The van der Waals surface area contributed by atoms with Gasteiger partial charge < -0.3 is 5.21 Å². The van der Waals surface area contributed by atoms with E-state index in [0.29, 0.717) is 0 Å². The summed E-state index contributed by atoms with van der Waals surface area (Å²) in [4.78, 5) is -0.535. The van der Waals surface area contributed by atoms with E-state index >= 15 is 0 Å². The van der Waals surface area contributed by atoms with Crippen molar-refractivity contribution in [1.29, 1.82) is 0 Å². The van der Waals surface area contributed by atoms with Gasteiger partial charge in [0.05, 0.1) is 0 Å². The highest BCUT2D eigenvalue weighted by Gasteiger charge is 1.93. The van der Waals surface area contributed by atoms with Gasteiger partial charge in [0.1, 0.15) is 0 Å². The normalized spacial score (nSPS) is 11.7. The highest BCUT2D eigenvalue weighted by Crippen LogP contribution is 1.48. The van der Waals surface area contributed by atoms with Crippen molar-refractivity contribution < 1.29 is 17.9 Å². The van der Waals surface area contributed by atoms with Gasteiger partial charge in [-0.25, -0.2) is 4.55 Å². The minimum Gasteiger partial charge on any atom is -0.618 e. The third-order valence-corrected chi connectivity index (χ3v) is 0.365. The van der Waals surface area contributed by atoms with Gasteiger partial charge in [-0.05, 0) is 0 Å². The van der Waals surface area contributed by atoms with Gasteiger partial charge in [-0.1, -0.05) is 0 Å². The molecule has 6 heteroatoms. The van der Waals surface area contributed by atoms with Crippen LogP contribution in [-0.2, 0) is 10.3 Å². The first-order valence-electron chi connectivity index (χ1n) is 0.987. The summed E-state index contributed by atoms with van der Waals surface area (Å²) in [5.74, 6) is 0. The molecule has 0 spiro atoms. The fraction of sp³-hybridized carbons (Fsp3) is 0. The van der Waals surface area contributed by atoms with Gasteiger partial charge in [-0.15, -0.1) is 8.42 Å². The van der Waals surface area contributed by atoms with Crippen LogP contribution in [0.5, 0.6) is 0 Å². The van der Waals surface area contributed by atoms with E-state index in [9.17, 15) is 8.42 Å². The monoisotopic (exact) mass is 113 g/mol. The summed E-state index contributed by atoms with van der Waals surface area (Å²) < 4.78 is 25.8. The molecule has 0 unspecified atom stereocenters. The maximum Gasteiger partial charge on any atom is 0.429 e. The molecule has 0 heterocycles. The lowest BCUT2D eigenvalue weighted by Crippen LogP contribution is -2.80. The number of rotatable bonds is 1. The van der Waals surface area contributed by atoms with E-state index in [-0.39, 0.29) is 0 Å². The molecule has 0 fully saturated rings. The van der Waals surface area contributed by atoms with E-state index in [0.717, 1.165) is 0 Å². The lowest BCUT2D eigenvalue weighted by molar-refractivity contribution is -0.425. The van der Waals surface area contributed by atoms with Crippen LogP contribution in [0.3, 0.4) is 0 Å². The minimum absolute atomic E-state index is 0.535. The van der Waals surface area contributed by atoms with Crippen LogP contribution in [-0.4, -0.2) is 13.0 Å². The Balaban J connectivity index is 3.85. The molecular weight excluding hydrogens is 110 g/mol. The molecule has 0 bridgehead atoms. The Morgan fingerprint density at radius 2 is 1.83 bits per heavy atom. The van der Waals surface area contributed by atoms with Crippen LogP contribution in [0, 0.1) is 5.21 Å². The SMILES string of the molecule is O=S(=O)(O)[NH2+][O-]. The molecule has 0 aliphatic rings. The molecule has 0 saturated carbocycles. The average molecular weight is 113 g/mol. The van der Waals surface area contributed by atoms with Crippen molar-refractivity contribution >= 4 is 10.3 Å². The van der Waals surface area contributed by atoms with Crippen molar-refractivity contribution in [2.24, 2.45) is 0 Å². The number of hydrogen-bond donors (Lipinski definition) is 2. The van der Waals surface area contributed by atoms with Gasteiger partial charge in [-0.3, -0.25) is 4.89 Å². The molecule has 6 heavy (non-hydrogen) atoms. The maximum absolute atomic E-state index is 9.19. The molecule has 0 radical (unpaired) electrons. The summed E-state index contributed by atoms with van der Waals surface area (Å²) in [6.45, 7) is 0. The third-order valence-electron chi connectivity index (χ3n) is 0.122. The largest absolute Gasteiger partial charge is 0.618 e. The Kier molecular flexibility index (Phi) is 1.48. The molecule has 3 N–H and O–H groups in total. The molecule has 0 aliphatic carbocycles. The minimum atomic E-state index is -4.34. The van der Waals surface area contributed by atoms with Gasteiger partial charge in [-0.2, -0.15) is 0 Å². The molecule has 0 atom stereocenters. The summed E-state index contributed by atoms with van der Waals surface area (Å²) in [6, 6.07) is 0. The third kappa shape index (κ3) is 3.83. The molecule has 0 aliphatic heterocycles. The zero-order valence-corrected chi connectivity index (χ0v) is 3.47. The molecule has 0 amide bonds. The van der Waals surface area contributed by atoms with Crippen molar-refractivity contribution in [3.63, 3.8) is 0 Å². The summed E-state index contributed by atoms with van der Waals surface area (Å²) in [6.07, 6.45) is 0. The van der Waals surface area contributed by atoms with E-state index in [1.54, 1.807) is 0 Å². The molecule has 38 valence electrons. The van der Waals surface area contributed by atoms with E-state index in [4.69, 9.17) is 9.76 Å². The molecule has 0 rings (SSSR count). The lowest BCUT2D eigenvalue weighted by atomic mass is 13.5. The molecular formula is H3NO4S. The molecule has 0 aromatic carbocycles. The molecule has 0 aromatic heterocycles.